The highest BCUT2D eigenvalue weighted by molar-refractivity contribution is 5.75. The summed E-state index contributed by atoms with van der Waals surface area (Å²) in [5, 5.41) is 0. The third-order valence-corrected chi connectivity index (χ3v) is 2.70. The zero-order chi connectivity index (χ0) is 12.5. The molecule has 0 unspecified atom stereocenters. The summed E-state index contributed by atoms with van der Waals surface area (Å²) in [5.41, 5.74) is 7.91. The van der Waals surface area contributed by atoms with E-state index in [0.29, 0.717) is 6.42 Å². The molecular formula is C14H22N2O. The van der Waals surface area contributed by atoms with Crippen molar-refractivity contribution >= 4 is 5.91 Å². The van der Waals surface area contributed by atoms with E-state index in [9.17, 15) is 4.79 Å². The second-order valence-corrected chi connectivity index (χ2v) is 4.22. The molecule has 3 heteroatoms. The summed E-state index contributed by atoms with van der Waals surface area (Å²) >= 11 is 0. The Labute approximate surface area is 104 Å². The Morgan fingerprint density at radius 1 is 1.12 bits per heavy atom. The van der Waals surface area contributed by atoms with Gasteiger partial charge in [-0.15, -0.1) is 0 Å². The summed E-state index contributed by atoms with van der Waals surface area (Å²) in [6, 6.07) is 8.71. The van der Waals surface area contributed by atoms with Crippen LogP contribution in [0.5, 0.6) is 0 Å². The maximum Gasteiger partial charge on any atom is 0.234 e. The fourth-order valence-corrected chi connectivity index (χ4v) is 1.82. The fourth-order valence-electron chi connectivity index (χ4n) is 1.82. The average Bonchev–Trinajstić information content (AvgIpc) is 2.32. The van der Waals surface area contributed by atoms with Gasteiger partial charge in [0.2, 0.25) is 5.91 Å². The smallest absolute Gasteiger partial charge is 0.234 e. The number of aryl methyl sites for hydroxylation is 2. The van der Waals surface area contributed by atoms with Crippen molar-refractivity contribution in [3.05, 3.63) is 35.4 Å². The van der Waals surface area contributed by atoms with Gasteiger partial charge in [0.1, 0.15) is 0 Å². The third-order valence-electron chi connectivity index (χ3n) is 2.70. The van der Waals surface area contributed by atoms with Crippen LogP contribution in [0, 0.1) is 0 Å². The molecule has 0 saturated heterocycles. The van der Waals surface area contributed by atoms with E-state index in [1.807, 2.05) is 0 Å². The van der Waals surface area contributed by atoms with Gasteiger partial charge < -0.3 is 0 Å². The van der Waals surface area contributed by atoms with Gasteiger partial charge in [-0.3, -0.25) is 10.2 Å². The molecule has 17 heavy (non-hydrogen) atoms. The number of hydrazine groups is 1. The number of carbonyl (C=O) groups is 1. The van der Waals surface area contributed by atoms with E-state index in [4.69, 9.17) is 0 Å². The minimum Gasteiger partial charge on any atom is -0.292 e. The van der Waals surface area contributed by atoms with Gasteiger partial charge in [-0.1, -0.05) is 37.6 Å². The van der Waals surface area contributed by atoms with Gasteiger partial charge in [0.15, 0.2) is 0 Å². The molecule has 0 spiro atoms. The normalized spacial score (nSPS) is 10.2. The molecule has 94 valence electrons. The number of nitrogens with one attached hydrogen (secondary N) is 2. The highest BCUT2D eigenvalue weighted by Crippen LogP contribution is 2.09. The van der Waals surface area contributed by atoms with E-state index in [0.717, 1.165) is 19.3 Å². The van der Waals surface area contributed by atoms with Crippen molar-refractivity contribution < 1.29 is 4.79 Å². The molecule has 0 aliphatic rings. The highest BCUT2D eigenvalue weighted by Gasteiger charge is 2.00. The first-order valence-corrected chi connectivity index (χ1v) is 6.29. The topological polar surface area (TPSA) is 41.1 Å². The van der Waals surface area contributed by atoms with Crippen molar-refractivity contribution in [3.63, 3.8) is 0 Å². The monoisotopic (exact) mass is 234 g/mol. The second kappa shape index (κ2) is 7.85. The lowest BCUT2D eigenvalue weighted by molar-refractivity contribution is -0.122. The Balaban J connectivity index is 2.29. The summed E-state index contributed by atoms with van der Waals surface area (Å²) in [4.78, 5) is 11.2. The predicted molar refractivity (Wildman–Crippen MR) is 70.6 cm³/mol. The highest BCUT2D eigenvalue weighted by atomic mass is 16.2. The van der Waals surface area contributed by atoms with Gasteiger partial charge in [-0.2, -0.15) is 0 Å². The molecule has 0 aromatic heterocycles. The van der Waals surface area contributed by atoms with Crippen LogP contribution in [-0.2, 0) is 17.6 Å². The average molecular weight is 234 g/mol. The first-order valence-electron chi connectivity index (χ1n) is 6.29. The lowest BCUT2D eigenvalue weighted by Crippen LogP contribution is -2.33. The number of amides is 1. The van der Waals surface area contributed by atoms with Crippen molar-refractivity contribution in [2.45, 2.75) is 39.0 Å². The lowest BCUT2D eigenvalue weighted by Gasteiger charge is -2.04. The number of carbonyl (C=O) groups excluding carboxylic acids is 1. The molecule has 0 fully saturated rings. The number of rotatable bonds is 7. The Bertz CT molecular complexity index is 333. The summed E-state index contributed by atoms with van der Waals surface area (Å²) in [6.45, 7) is 2.19. The summed E-state index contributed by atoms with van der Waals surface area (Å²) in [7, 11) is 1.70. The summed E-state index contributed by atoms with van der Waals surface area (Å²) < 4.78 is 0. The molecule has 1 aromatic carbocycles. The predicted octanol–water partition coefficient (Wildman–Crippen LogP) is 2.21. The number of hydrogen-bond donors (Lipinski definition) is 2. The van der Waals surface area contributed by atoms with Gasteiger partial charge in [0, 0.05) is 13.5 Å². The zero-order valence-electron chi connectivity index (χ0n) is 10.8. The van der Waals surface area contributed by atoms with Crippen LogP contribution in [0.4, 0.5) is 0 Å². The molecule has 3 nitrogen and oxygen atoms in total. The molecule has 1 rings (SSSR count). The van der Waals surface area contributed by atoms with Gasteiger partial charge in [0.25, 0.3) is 0 Å². The largest absolute Gasteiger partial charge is 0.292 e. The fraction of sp³-hybridized carbons (Fsp3) is 0.500. The molecule has 0 heterocycles. The van der Waals surface area contributed by atoms with Crippen LogP contribution < -0.4 is 10.9 Å². The standard InChI is InChI=1S/C14H22N2O/c1-3-5-12-8-10-13(11-9-12)6-4-7-14(17)16-15-2/h8-11,15H,3-7H2,1-2H3,(H,16,17). The number of hydrogen-bond acceptors (Lipinski definition) is 2. The number of benzene rings is 1. The van der Waals surface area contributed by atoms with Gasteiger partial charge in [-0.25, -0.2) is 5.43 Å². The van der Waals surface area contributed by atoms with Crippen LogP contribution in [0.3, 0.4) is 0 Å². The molecule has 0 aliphatic carbocycles. The van der Waals surface area contributed by atoms with E-state index >= 15 is 0 Å². The van der Waals surface area contributed by atoms with E-state index in [-0.39, 0.29) is 5.91 Å². The lowest BCUT2D eigenvalue weighted by atomic mass is 10.0. The van der Waals surface area contributed by atoms with Gasteiger partial charge in [-0.05, 0) is 30.4 Å². The first kappa shape index (κ1) is 13.7. The molecule has 0 bridgehead atoms. The van der Waals surface area contributed by atoms with Gasteiger partial charge >= 0.3 is 0 Å². The molecule has 1 aromatic rings. The Hall–Kier alpha value is -1.35. The Morgan fingerprint density at radius 3 is 2.24 bits per heavy atom. The zero-order valence-corrected chi connectivity index (χ0v) is 10.8. The van der Waals surface area contributed by atoms with E-state index in [1.165, 1.54) is 17.5 Å². The van der Waals surface area contributed by atoms with Crippen LogP contribution in [0.1, 0.15) is 37.3 Å². The minimum atomic E-state index is 0.0510. The van der Waals surface area contributed by atoms with Crippen molar-refractivity contribution in [2.75, 3.05) is 7.05 Å². The minimum absolute atomic E-state index is 0.0510. The van der Waals surface area contributed by atoms with E-state index < -0.39 is 0 Å². The van der Waals surface area contributed by atoms with Crippen LogP contribution in [0.2, 0.25) is 0 Å². The van der Waals surface area contributed by atoms with Crippen molar-refractivity contribution in [1.29, 1.82) is 0 Å². The van der Waals surface area contributed by atoms with Crippen molar-refractivity contribution in [3.8, 4) is 0 Å². The molecule has 0 radical (unpaired) electrons. The third kappa shape index (κ3) is 5.50. The molecule has 1 amide bonds. The van der Waals surface area contributed by atoms with Crippen molar-refractivity contribution in [2.24, 2.45) is 0 Å². The SMILES string of the molecule is CCCc1ccc(CCCC(=O)NNC)cc1. The Kier molecular flexibility index (Phi) is 6.33. The molecule has 0 saturated carbocycles. The molecular weight excluding hydrogens is 212 g/mol. The molecule has 0 aliphatic heterocycles. The van der Waals surface area contributed by atoms with Crippen LogP contribution >= 0.6 is 0 Å². The van der Waals surface area contributed by atoms with Gasteiger partial charge in [0.05, 0.1) is 0 Å². The van der Waals surface area contributed by atoms with Crippen LogP contribution in [0.15, 0.2) is 24.3 Å². The molecule has 2 N–H and O–H groups in total. The van der Waals surface area contributed by atoms with Crippen LogP contribution in [-0.4, -0.2) is 13.0 Å². The quantitative estimate of drug-likeness (QED) is 0.710. The van der Waals surface area contributed by atoms with E-state index in [2.05, 4.69) is 42.0 Å². The Morgan fingerprint density at radius 2 is 1.71 bits per heavy atom. The van der Waals surface area contributed by atoms with Crippen molar-refractivity contribution in [1.82, 2.24) is 10.9 Å². The van der Waals surface area contributed by atoms with Crippen LogP contribution in [0.25, 0.3) is 0 Å². The summed E-state index contributed by atoms with van der Waals surface area (Å²) in [5.74, 6) is 0.0510. The summed E-state index contributed by atoms with van der Waals surface area (Å²) in [6.07, 6.45) is 4.75. The van der Waals surface area contributed by atoms with E-state index in [1.54, 1.807) is 7.05 Å². The molecule has 0 atom stereocenters. The maximum atomic E-state index is 11.2. The first-order chi connectivity index (χ1) is 8.26. The second-order valence-electron chi connectivity index (χ2n) is 4.22. The maximum absolute atomic E-state index is 11.2.